The lowest BCUT2D eigenvalue weighted by Crippen LogP contribution is -2.23. The van der Waals surface area contributed by atoms with Gasteiger partial charge in [0.05, 0.1) is 12.2 Å². The lowest BCUT2D eigenvalue weighted by Gasteiger charge is -2.19. The molecule has 0 bridgehead atoms. The predicted molar refractivity (Wildman–Crippen MR) is 58.3 cm³/mol. The quantitative estimate of drug-likeness (QED) is 0.617. The van der Waals surface area contributed by atoms with Crippen LogP contribution in [0.2, 0.25) is 0 Å². The molecule has 0 saturated heterocycles. The molecule has 2 heterocycles. The van der Waals surface area contributed by atoms with E-state index in [-0.39, 0.29) is 0 Å². The average Bonchev–Trinajstić information content (AvgIpc) is 2.52. The molecule has 0 aromatic carbocycles. The van der Waals surface area contributed by atoms with Crippen molar-refractivity contribution >= 4 is 17.0 Å². The maximum atomic E-state index is 5.35. The third-order valence-electron chi connectivity index (χ3n) is 2.43. The number of fused-ring (bicyclic) bond motifs is 1. The molecule has 68 valence electrons. The zero-order valence-corrected chi connectivity index (χ0v) is 8.44. The van der Waals surface area contributed by atoms with Gasteiger partial charge in [-0.3, -0.25) is 0 Å². The van der Waals surface area contributed by atoms with Crippen molar-refractivity contribution in [2.75, 3.05) is 18.0 Å². The van der Waals surface area contributed by atoms with Crippen LogP contribution < -0.4 is 4.90 Å². The first-order valence-electron chi connectivity index (χ1n) is 4.66. The number of hydrogen-bond acceptors (Lipinski definition) is 2. The molecule has 0 N–H and O–H groups in total. The standard InChI is InChI=1S/C11H13NS/c1-2-7-12-8-4-3-5-11-10(12)6-9-13-11/h1,6,9H,3-5,7-8H2. The highest BCUT2D eigenvalue weighted by molar-refractivity contribution is 7.10. The van der Waals surface area contributed by atoms with Crippen molar-refractivity contribution in [1.29, 1.82) is 0 Å². The van der Waals surface area contributed by atoms with Crippen molar-refractivity contribution in [3.05, 3.63) is 16.3 Å². The summed E-state index contributed by atoms with van der Waals surface area (Å²) in [5.74, 6) is 2.73. The number of hydrogen-bond donors (Lipinski definition) is 0. The van der Waals surface area contributed by atoms with E-state index < -0.39 is 0 Å². The largest absolute Gasteiger partial charge is 0.359 e. The van der Waals surface area contributed by atoms with Gasteiger partial charge in [-0.1, -0.05) is 5.92 Å². The van der Waals surface area contributed by atoms with Crippen molar-refractivity contribution < 1.29 is 0 Å². The number of rotatable bonds is 1. The predicted octanol–water partition coefficient (Wildman–Crippen LogP) is 2.52. The molecule has 2 heteroatoms. The highest BCUT2D eigenvalue weighted by Gasteiger charge is 2.14. The van der Waals surface area contributed by atoms with E-state index in [1.165, 1.54) is 29.8 Å². The highest BCUT2D eigenvalue weighted by atomic mass is 32.1. The van der Waals surface area contributed by atoms with E-state index in [1.807, 2.05) is 11.3 Å². The monoisotopic (exact) mass is 191 g/mol. The summed E-state index contributed by atoms with van der Waals surface area (Å²) in [7, 11) is 0. The maximum absolute atomic E-state index is 5.35. The second-order valence-corrected chi connectivity index (χ2v) is 4.31. The van der Waals surface area contributed by atoms with Crippen LogP contribution >= 0.6 is 11.3 Å². The summed E-state index contributed by atoms with van der Waals surface area (Å²) in [4.78, 5) is 3.83. The summed E-state index contributed by atoms with van der Waals surface area (Å²) in [6.45, 7) is 1.87. The zero-order valence-electron chi connectivity index (χ0n) is 7.62. The molecule has 0 fully saturated rings. The Morgan fingerprint density at radius 3 is 3.31 bits per heavy atom. The molecule has 1 aromatic heterocycles. The van der Waals surface area contributed by atoms with Gasteiger partial charge in [-0.05, 0) is 30.7 Å². The molecule has 13 heavy (non-hydrogen) atoms. The van der Waals surface area contributed by atoms with Crippen molar-refractivity contribution in [2.45, 2.75) is 19.3 Å². The summed E-state index contributed by atoms with van der Waals surface area (Å²) in [6.07, 6.45) is 9.15. The Bertz CT molecular complexity index is 321. The number of terminal acetylenes is 1. The molecule has 0 saturated carbocycles. The minimum absolute atomic E-state index is 0.754. The second-order valence-electron chi connectivity index (χ2n) is 3.31. The summed E-state index contributed by atoms with van der Waals surface area (Å²) in [6, 6.07) is 2.20. The fourth-order valence-electron chi connectivity index (χ4n) is 1.79. The number of anilines is 1. The lowest BCUT2D eigenvalue weighted by atomic mass is 10.2. The molecule has 1 nitrogen and oxygen atoms in total. The number of thiophene rings is 1. The van der Waals surface area contributed by atoms with Gasteiger partial charge in [-0.25, -0.2) is 0 Å². The molecule has 0 radical (unpaired) electrons. The van der Waals surface area contributed by atoms with Crippen LogP contribution in [0.25, 0.3) is 0 Å². The van der Waals surface area contributed by atoms with Crippen molar-refractivity contribution in [3.63, 3.8) is 0 Å². The van der Waals surface area contributed by atoms with E-state index in [1.54, 1.807) is 0 Å². The fraction of sp³-hybridized carbons (Fsp3) is 0.455. The Balaban J connectivity index is 2.26. The van der Waals surface area contributed by atoms with Crippen molar-refractivity contribution in [1.82, 2.24) is 0 Å². The Kier molecular flexibility index (Phi) is 2.56. The summed E-state index contributed by atoms with van der Waals surface area (Å²) in [5.41, 5.74) is 1.38. The van der Waals surface area contributed by atoms with Crippen molar-refractivity contribution in [3.8, 4) is 12.3 Å². The molecule has 1 aliphatic rings. The van der Waals surface area contributed by atoms with Gasteiger partial charge >= 0.3 is 0 Å². The van der Waals surface area contributed by atoms with E-state index in [0.717, 1.165) is 13.1 Å². The van der Waals surface area contributed by atoms with E-state index in [9.17, 15) is 0 Å². The van der Waals surface area contributed by atoms with Crippen molar-refractivity contribution in [2.24, 2.45) is 0 Å². The van der Waals surface area contributed by atoms with Crippen LogP contribution in [-0.2, 0) is 6.42 Å². The molecule has 0 spiro atoms. The van der Waals surface area contributed by atoms with Gasteiger partial charge in [0, 0.05) is 11.4 Å². The molecule has 0 aliphatic carbocycles. The summed E-state index contributed by atoms with van der Waals surface area (Å²) >= 11 is 1.86. The van der Waals surface area contributed by atoms with Crippen LogP contribution in [0.1, 0.15) is 17.7 Å². The molecule has 2 rings (SSSR count). The van der Waals surface area contributed by atoms with Crippen LogP contribution in [0.15, 0.2) is 11.4 Å². The minimum Gasteiger partial charge on any atom is -0.359 e. The Hall–Kier alpha value is -0.940. The fourth-order valence-corrected chi connectivity index (χ4v) is 2.73. The van der Waals surface area contributed by atoms with Gasteiger partial charge in [0.1, 0.15) is 0 Å². The SMILES string of the molecule is C#CCN1CCCCc2sccc21. The van der Waals surface area contributed by atoms with Gasteiger partial charge in [0.25, 0.3) is 0 Å². The van der Waals surface area contributed by atoms with Crippen LogP contribution in [0.3, 0.4) is 0 Å². The third kappa shape index (κ3) is 1.71. The molecule has 0 atom stereocenters. The normalized spacial score (nSPS) is 16.1. The first-order valence-corrected chi connectivity index (χ1v) is 5.54. The van der Waals surface area contributed by atoms with Gasteiger partial charge in [0.2, 0.25) is 0 Å². The van der Waals surface area contributed by atoms with Gasteiger partial charge in [-0.2, -0.15) is 0 Å². The minimum atomic E-state index is 0.754. The molecule has 0 amide bonds. The smallest absolute Gasteiger partial charge is 0.0792 e. The second kappa shape index (κ2) is 3.85. The number of aryl methyl sites for hydroxylation is 1. The zero-order chi connectivity index (χ0) is 9.10. The van der Waals surface area contributed by atoms with Gasteiger partial charge in [-0.15, -0.1) is 17.8 Å². The third-order valence-corrected chi connectivity index (χ3v) is 3.40. The first-order chi connectivity index (χ1) is 6.42. The van der Waals surface area contributed by atoms with E-state index in [0.29, 0.717) is 0 Å². The lowest BCUT2D eigenvalue weighted by molar-refractivity contribution is 0.741. The van der Waals surface area contributed by atoms with Crippen LogP contribution in [0.5, 0.6) is 0 Å². The summed E-state index contributed by atoms with van der Waals surface area (Å²) < 4.78 is 0. The van der Waals surface area contributed by atoms with Crippen LogP contribution in [0.4, 0.5) is 5.69 Å². The summed E-state index contributed by atoms with van der Waals surface area (Å²) in [5, 5.41) is 2.17. The van der Waals surface area contributed by atoms with Crippen LogP contribution in [0, 0.1) is 12.3 Å². The molecular weight excluding hydrogens is 178 g/mol. The van der Waals surface area contributed by atoms with E-state index in [2.05, 4.69) is 22.3 Å². The van der Waals surface area contributed by atoms with E-state index >= 15 is 0 Å². The Morgan fingerprint density at radius 1 is 1.54 bits per heavy atom. The van der Waals surface area contributed by atoms with E-state index in [4.69, 9.17) is 6.42 Å². The average molecular weight is 191 g/mol. The molecule has 1 aliphatic heterocycles. The highest BCUT2D eigenvalue weighted by Crippen LogP contribution is 2.30. The van der Waals surface area contributed by atoms with Gasteiger partial charge < -0.3 is 4.90 Å². The molecule has 0 unspecified atom stereocenters. The number of nitrogens with zero attached hydrogens (tertiary/aromatic N) is 1. The topological polar surface area (TPSA) is 3.24 Å². The van der Waals surface area contributed by atoms with Gasteiger partial charge in [0.15, 0.2) is 0 Å². The molecular formula is C11H13NS. The first kappa shape index (κ1) is 8.65. The maximum Gasteiger partial charge on any atom is 0.0792 e. The Labute approximate surface area is 83.4 Å². The Morgan fingerprint density at radius 2 is 2.46 bits per heavy atom. The van der Waals surface area contributed by atoms with Crippen LogP contribution in [-0.4, -0.2) is 13.1 Å². The molecule has 1 aromatic rings.